The highest BCUT2D eigenvalue weighted by molar-refractivity contribution is 5.90. The molecule has 1 aromatic carbocycles. The fourth-order valence-corrected chi connectivity index (χ4v) is 3.44. The highest BCUT2D eigenvalue weighted by Gasteiger charge is 2.34. The smallest absolute Gasteiger partial charge is 0.414 e. The van der Waals surface area contributed by atoms with Crippen molar-refractivity contribution in [2.24, 2.45) is 5.73 Å². The van der Waals surface area contributed by atoms with E-state index >= 15 is 0 Å². The fourth-order valence-electron chi connectivity index (χ4n) is 3.44. The van der Waals surface area contributed by atoms with Gasteiger partial charge in [-0.3, -0.25) is 4.90 Å². The SMILES string of the molecule is CCOC(=O)N1c2cc3c(cc2[C@@H](N)C[C@H]1C)CCC3. The second-order valence-electron chi connectivity index (χ2n) is 5.79. The Balaban J connectivity index is 2.06. The molecule has 1 aromatic rings. The van der Waals surface area contributed by atoms with Crippen molar-refractivity contribution in [1.82, 2.24) is 0 Å². The lowest BCUT2D eigenvalue weighted by atomic mass is 9.90. The summed E-state index contributed by atoms with van der Waals surface area (Å²) in [6.07, 6.45) is 3.95. The zero-order chi connectivity index (χ0) is 14.3. The normalized spacial score (nSPS) is 24.2. The first kappa shape index (κ1) is 13.4. The number of benzene rings is 1. The summed E-state index contributed by atoms with van der Waals surface area (Å²) in [6, 6.07) is 4.46. The van der Waals surface area contributed by atoms with Crippen molar-refractivity contribution >= 4 is 11.8 Å². The summed E-state index contributed by atoms with van der Waals surface area (Å²) in [7, 11) is 0. The molecule has 1 amide bonds. The summed E-state index contributed by atoms with van der Waals surface area (Å²) in [4.78, 5) is 14.0. The van der Waals surface area contributed by atoms with Gasteiger partial charge in [0.25, 0.3) is 0 Å². The average molecular weight is 274 g/mol. The van der Waals surface area contributed by atoms with Crippen LogP contribution in [-0.2, 0) is 17.6 Å². The van der Waals surface area contributed by atoms with Crippen LogP contribution in [0.5, 0.6) is 0 Å². The van der Waals surface area contributed by atoms with Crippen molar-refractivity contribution in [3.05, 3.63) is 28.8 Å². The van der Waals surface area contributed by atoms with Crippen molar-refractivity contribution in [3.63, 3.8) is 0 Å². The molecule has 0 fully saturated rings. The van der Waals surface area contributed by atoms with Crippen LogP contribution in [0.4, 0.5) is 10.5 Å². The predicted molar refractivity (Wildman–Crippen MR) is 79.0 cm³/mol. The van der Waals surface area contributed by atoms with E-state index in [9.17, 15) is 4.79 Å². The molecule has 4 nitrogen and oxygen atoms in total. The third kappa shape index (κ3) is 2.08. The van der Waals surface area contributed by atoms with Crippen molar-refractivity contribution in [1.29, 1.82) is 0 Å². The molecule has 0 spiro atoms. The number of hydrogen-bond donors (Lipinski definition) is 1. The molecular formula is C16H22N2O2. The van der Waals surface area contributed by atoms with Crippen LogP contribution in [0.15, 0.2) is 12.1 Å². The minimum absolute atomic E-state index is 0.0107. The van der Waals surface area contributed by atoms with E-state index in [2.05, 4.69) is 12.1 Å². The highest BCUT2D eigenvalue weighted by atomic mass is 16.6. The minimum atomic E-state index is -0.258. The molecule has 1 aliphatic heterocycles. The Hall–Kier alpha value is -1.55. The molecule has 20 heavy (non-hydrogen) atoms. The second kappa shape index (κ2) is 5.09. The summed E-state index contributed by atoms with van der Waals surface area (Å²) >= 11 is 0. The van der Waals surface area contributed by atoms with Gasteiger partial charge in [0.15, 0.2) is 0 Å². The number of fused-ring (bicyclic) bond motifs is 2. The van der Waals surface area contributed by atoms with E-state index in [0.29, 0.717) is 6.61 Å². The number of nitrogens with two attached hydrogens (primary N) is 1. The quantitative estimate of drug-likeness (QED) is 0.856. The standard InChI is InChI=1S/C16H22N2O2/c1-3-20-16(19)18-10(2)7-14(17)13-8-11-5-4-6-12(11)9-15(13)18/h8-10,14H,3-7,17H2,1-2H3/t10-,14+/m1/s1. The lowest BCUT2D eigenvalue weighted by Crippen LogP contribution is -2.45. The largest absolute Gasteiger partial charge is 0.449 e. The number of carbonyl (C=O) groups is 1. The molecule has 0 radical (unpaired) electrons. The second-order valence-corrected chi connectivity index (χ2v) is 5.79. The van der Waals surface area contributed by atoms with Gasteiger partial charge < -0.3 is 10.5 Å². The highest BCUT2D eigenvalue weighted by Crippen LogP contribution is 2.40. The van der Waals surface area contributed by atoms with E-state index in [4.69, 9.17) is 10.5 Å². The summed E-state index contributed by atoms with van der Waals surface area (Å²) < 4.78 is 5.21. The zero-order valence-electron chi connectivity index (χ0n) is 12.2. The van der Waals surface area contributed by atoms with E-state index in [1.54, 1.807) is 4.90 Å². The third-order valence-corrected chi connectivity index (χ3v) is 4.40. The van der Waals surface area contributed by atoms with Crippen LogP contribution in [0.25, 0.3) is 0 Å². The molecule has 0 aromatic heterocycles. The lowest BCUT2D eigenvalue weighted by molar-refractivity contribution is 0.156. The molecule has 108 valence electrons. The van der Waals surface area contributed by atoms with Crippen LogP contribution in [0.2, 0.25) is 0 Å². The molecule has 0 saturated carbocycles. The van der Waals surface area contributed by atoms with Gasteiger partial charge in [0.05, 0.1) is 12.3 Å². The van der Waals surface area contributed by atoms with Gasteiger partial charge >= 0.3 is 6.09 Å². The third-order valence-electron chi connectivity index (χ3n) is 4.40. The Kier molecular flexibility index (Phi) is 3.42. The van der Waals surface area contributed by atoms with Crippen molar-refractivity contribution < 1.29 is 9.53 Å². The number of aryl methyl sites for hydroxylation is 2. The molecule has 3 rings (SSSR count). The van der Waals surface area contributed by atoms with Crippen LogP contribution in [0.3, 0.4) is 0 Å². The number of carbonyl (C=O) groups excluding carboxylic acids is 1. The van der Waals surface area contributed by atoms with Gasteiger partial charge in [0.1, 0.15) is 0 Å². The molecule has 4 heteroatoms. The molecule has 1 heterocycles. The average Bonchev–Trinajstić information content (AvgIpc) is 2.84. The number of nitrogens with zero attached hydrogens (tertiary/aromatic N) is 1. The number of ether oxygens (including phenoxy) is 1. The van der Waals surface area contributed by atoms with Crippen LogP contribution in [0, 0.1) is 0 Å². The maximum Gasteiger partial charge on any atom is 0.414 e. The maximum absolute atomic E-state index is 12.2. The molecule has 1 aliphatic carbocycles. The maximum atomic E-state index is 12.2. The molecule has 2 N–H and O–H groups in total. The van der Waals surface area contributed by atoms with Crippen molar-refractivity contribution in [3.8, 4) is 0 Å². The number of hydrogen-bond acceptors (Lipinski definition) is 3. The Labute approximate surface area is 119 Å². The predicted octanol–water partition coefficient (Wildman–Crippen LogP) is 2.93. The Bertz CT molecular complexity index is 542. The molecule has 2 aliphatic rings. The Morgan fingerprint density at radius 3 is 2.80 bits per heavy atom. The van der Waals surface area contributed by atoms with E-state index in [1.165, 1.54) is 17.5 Å². The van der Waals surface area contributed by atoms with E-state index in [-0.39, 0.29) is 18.2 Å². The molecule has 0 bridgehead atoms. The molecule has 2 atom stereocenters. The first-order valence-corrected chi connectivity index (χ1v) is 7.49. The Morgan fingerprint density at radius 1 is 1.40 bits per heavy atom. The number of anilines is 1. The van der Waals surface area contributed by atoms with Gasteiger partial charge in [0, 0.05) is 12.1 Å². The summed E-state index contributed by atoms with van der Waals surface area (Å²) in [5.41, 5.74) is 11.1. The first-order chi connectivity index (χ1) is 9.61. The van der Waals surface area contributed by atoms with Crippen molar-refractivity contribution in [2.45, 2.75) is 51.6 Å². The van der Waals surface area contributed by atoms with Gasteiger partial charge in [-0.05, 0) is 62.3 Å². The van der Waals surface area contributed by atoms with Crippen LogP contribution in [0.1, 0.15) is 49.4 Å². The van der Waals surface area contributed by atoms with Crippen LogP contribution < -0.4 is 10.6 Å². The number of rotatable bonds is 1. The van der Waals surface area contributed by atoms with Gasteiger partial charge in [-0.1, -0.05) is 6.07 Å². The summed E-state index contributed by atoms with van der Waals surface area (Å²) in [5, 5.41) is 0. The monoisotopic (exact) mass is 274 g/mol. The van der Waals surface area contributed by atoms with E-state index in [1.807, 2.05) is 13.8 Å². The molecule has 0 unspecified atom stereocenters. The van der Waals surface area contributed by atoms with Crippen LogP contribution >= 0.6 is 0 Å². The van der Waals surface area contributed by atoms with Crippen molar-refractivity contribution in [2.75, 3.05) is 11.5 Å². The van der Waals surface area contributed by atoms with Gasteiger partial charge in [0.2, 0.25) is 0 Å². The lowest BCUT2D eigenvalue weighted by Gasteiger charge is -2.37. The molecular weight excluding hydrogens is 252 g/mol. The van der Waals surface area contributed by atoms with Crippen LogP contribution in [-0.4, -0.2) is 18.7 Å². The topological polar surface area (TPSA) is 55.6 Å². The minimum Gasteiger partial charge on any atom is -0.449 e. The number of amides is 1. The van der Waals surface area contributed by atoms with Gasteiger partial charge in [-0.2, -0.15) is 0 Å². The van der Waals surface area contributed by atoms with E-state index in [0.717, 1.165) is 30.5 Å². The first-order valence-electron chi connectivity index (χ1n) is 7.49. The zero-order valence-corrected chi connectivity index (χ0v) is 12.2. The van der Waals surface area contributed by atoms with Gasteiger partial charge in [-0.15, -0.1) is 0 Å². The molecule has 0 saturated heterocycles. The summed E-state index contributed by atoms with van der Waals surface area (Å²) in [5.74, 6) is 0. The summed E-state index contributed by atoms with van der Waals surface area (Å²) in [6.45, 7) is 4.27. The fraction of sp³-hybridized carbons (Fsp3) is 0.562. The Morgan fingerprint density at radius 2 is 2.10 bits per heavy atom. The van der Waals surface area contributed by atoms with E-state index < -0.39 is 0 Å². The van der Waals surface area contributed by atoms with Gasteiger partial charge in [-0.25, -0.2) is 4.79 Å².